The minimum atomic E-state index is 0.0966. The average Bonchev–Trinajstić information content (AvgIpc) is 2.70. The van der Waals surface area contributed by atoms with Crippen molar-refractivity contribution in [2.75, 3.05) is 19.6 Å². The fraction of sp³-hybridized carbons (Fsp3) is 0.458. The Morgan fingerprint density at radius 3 is 2.57 bits per heavy atom. The van der Waals surface area contributed by atoms with Crippen LogP contribution in [-0.2, 0) is 17.8 Å². The van der Waals surface area contributed by atoms with Gasteiger partial charge < -0.3 is 10.1 Å². The average molecular weight is 381 g/mol. The van der Waals surface area contributed by atoms with Crippen molar-refractivity contribution >= 4 is 5.91 Å². The fourth-order valence-corrected chi connectivity index (χ4v) is 3.74. The molecular formula is C24H32N2O2. The second-order valence-electron chi connectivity index (χ2n) is 7.91. The molecule has 0 aliphatic carbocycles. The van der Waals surface area contributed by atoms with Crippen LogP contribution in [0.4, 0.5) is 0 Å². The van der Waals surface area contributed by atoms with Crippen molar-refractivity contribution in [3.05, 3.63) is 65.7 Å². The highest BCUT2D eigenvalue weighted by Gasteiger charge is 2.25. The summed E-state index contributed by atoms with van der Waals surface area (Å²) >= 11 is 0. The standard InChI is InChI=1S/C24H32N2O2/c1-19(2)28-23-12-10-20(11-13-23)14-15-25-24(27)22-9-6-16-26(18-22)17-21-7-4-3-5-8-21/h3-5,7-8,10-13,19,22H,6,9,14-18H2,1-2H3,(H,25,27). The first-order valence-corrected chi connectivity index (χ1v) is 10.4. The van der Waals surface area contributed by atoms with Gasteiger partial charge in [0.2, 0.25) is 5.91 Å². The Labute approximate surface area is 168 Å². The monoisotopic (exact) mass is 380 g/mol. The molecule has 1 aliphatic heterocycles. The summed E-state index contributed by atoms with van der Waals surface area (Å²) in [7, 11) is 0. The van der Waals surface area contributed by atoms with Gasteiger partial charge in [0, 0.05) is 19.6 Å². The number of hydrogen-bond donors (Lipinski definition) is 1. The largest absolute Gasteiger partial charge is 0.491 e. The molecule has 0 saturated carbocycles. The minimum Gasteiger partial charge on any atom is -0.491 e. The number of carbonyl (C=O) groups is 1. The van der Waals surface area contributed by atoms with Gasteiger partial charge in [0.15, 0.2) is 0 Å². The second kappa shape index (κ2) is 10.3. The zero-order valence-corrected chi connectivity index (χ0v) is 17.1. The van der Waals surface area contributed by atoms with Crippen LogP contribution in [0.3, 0.4) is 0 Å². The quantitative estimate of drug-likeness (QED) is 0.751. The molecule has 28 heavy (non-hydrogen) atoms. The summed E-state index contributed by atoms with van der Waals surface area (Å²) in [6.07, 6.45) is 3.09. The molecule has 1 atom stereocenters. The smallest absolute Gasteiger partial charge is 0.224 e. The van der Waals surface area contributed by atoms with Crippen LogP contribution in [0.25, 0.3) is 0 Å². The van der Waals surface area contributed by atoms with Crippen LogP contribution in [0.2, 0.25) is 0 Å². The molecule has 0 bridgehead atoms. The third kappa shape index (κ3) is 6.38. The Kier molecular flexibility index (Phi) is 7.49. The molecule has 2 aromatic carbocycles. The Morgan fingerprint density at radius 1 is 1.11 bits per heavy atom. The number of likely N-dealkylation sites (tertiary alicyclic amines) is 1. The third-order valence-electron chi connectivity index (χ3n) is 5.13. The maximum Gasteiger partial charge on any atom is 0.224 e. The second-order valence-corrected chi connectivity index (χ2v) is 7.91. The van der Waals surface area contributed by atoms with E-state index in [1.54, 1.807) is 0 Å². The molecule has 1 heterocycles. The van der Waals surface area contributed by atoms with Crippen LogP contribution < -0.4 is 10.1 Å². The number of benzene rings is 2. The number of rotatable bonds is 8. The lowest BCUT2D eigenvalue weighted by molar-refractivity contribution is -0.126. The molecular weight excluding hydrogens is 348 g/mol. The van der Waals surface area contributed by atoms with Gasteiger partial charge in [-0.05, 0) is 62.9 Å². The van der Waals surface area contributed by atoms with Gasteiger partial charge in [-0.25, -0.2) is 0 Å². The molecule has 4 heteroatoms. The predicted molar refractivity (Wildman–Crippen MR) is 113 cm³/mol. The van der Waals surface area contributed by atoms with Gasteiger partial charge in [-0.15, -0.1) is 0 Å². The summed E-state index contributed by atoms with van der Waals surface area (Å²) < 4.78 is 5.67. The highest BCUT2D eigenvalue weighted by atomic mass is 16.5. The summed E-state index contributed by atoms with van der Waals surface area (Å²) in [4.78, 5) is 15.0. The molecule has 1 amide bonds. The van der Waals surface area contributed by atoms with E-state index in [1.165, 1.54) is 11.1 Å². The molecule has 0 aromatic heterocycles. The molecule has 1 saturated heterocycles. The van der Waals surface area contributed by atoms with Crippen molar-refractivity contribution in [1.29, 1.82) is 0 Å². The zero-order chi connectivity index (χ0) is 19.8. The molecule has 0 spiro atoms. The molecule has 3 rings (SSSR count). The van der Waals surface area contributed by atoms with Gasteiger partial charge >= 0.3 is 0 Å². The van der Waals surface area contributed by atoms with Gasteiger partial charge in [0.05, 0.1) is 12.0 Å². The molecule has 0 radical (unpaired) electrons. The number of nitrogens with zero attached hydrogens (tertiary/aromatic N) is 1. The molecule has 1 aliphatic rings. The van der Waals surface area contributed by atoms with Crippen LogP contribution in [0.5, 0.6) is 5.75 Å². The topological polar surface area (TPSA) is 41.6 Å². The van der Waals surface area contributed by atoms with Crippen LogP contribution in [-0.4, -0.2) is 36.5 Å². The van der Waals surface area contributed by atoms with E-state index >= 15 is 0 Å². The van der Waals surface area contributed by atoms with Crippen LogP contribution in [0, 0.1) is 5.92 Å². The predicted octanol–water partition coefficient (Wildman–Crippen LogP) is 4.04. The third-order valence-corrected chi connectivity index (χ3v) is 5.13. The lowest BCUT2D eigenvalue weighted by atomic mass is 9.96. The summed E-state index contributed by atoms with van der Waals surface area (Å²) in [5.74, 6) is 1.18. The van der Waals surface area contributed by atoms with Crippen molar-refractivity contribution in [3.8, 4) is 5.75 Å². The van der Waals surface area contributed by atoms with Crippen LogP contribution in [0.1, 0.15) is 37.8 Å². The minimum absolute atomic E-state index is 0.0966. The summed E-state index contributed by atoms with van der Waals surface area (Å²) in [6.45, 7) is 7.57. The highest BCUT2D eigenvalue weighted by Crippen LogP contribution is 2.19. The summed E-state index contributed by atoms with van der Waals surface area (Å²) in [5, 5.41) is 3.14. The maximum atomic E-state index is 12.6. The van der Waals surface area contributed by atoms with Crippen LogP contribution >= 0.6 is 0 Å². The van der Waals surface area contributed by atoms with Gasteiger partial charge in [-0.2, -0.15) is 0 Å². The van der Waals surface area contributed by atoms with Crippen molar-refractivity contribution in [1.82, 2.24) is 10.2 Å². The lowest BCUT2D eigenvalue weighted by Crippen LogP contribution is -2.43. The Hall–Kier alpha value is -2.33. The van der Waals surface area contributed by atoms with Gasteiger partial charge in [0.25, 0.3) is 0 Å². The number of amides is 1. The number of hydrogen-bond acceptors (Lipinski definition) is 3. The zero-order valence-electron chi connectivity index (χ0n) is 17.1. The van der Waals surface area contributed by atoms with E-state index in [0.29, 0.717) is 6.54 Å². The van der Waals surface area contributed by atoms with Gasteiger partial charge in [0.1, 0.15) is 5.75 Å². The Morgan fingerprint density at radius 2 is 1.86 bits per heavy atom. The Balaban J connectivity index is 1.41. The van der Waals surface area contributed by atoms with Crippen molar-refractivity contribution in [2.24, 2.45) is 5.92 Å². The first-order chi connectivity index (χ1) is 13.6. The number of carbonyl (C=O) groups excluding carboxylic acids is 1. The van der Waals surface area contributed by atoms with Crippen molar-refractivity contribution < 1.29 is 9.53 Å². The Bertz CT molecular complexity index is 728. The van der Waals surface area contributed by atoms with Crippen LogP contribution in [0.15, 0.2) is 54.6 Å². The van der Waals surface area contributed by atoms with E-state index in [9.17, 15) is 4.79 Å². The van der Waals surface area contributed by atoms with E-state index < -0.39 is 0 Å². The SMILES string of the molecule is CC(C)Oc1ccc(CCNC(=O)C2CCCN(Cc3ccccc3)C2)cc1. The van der Waals surface area contributed by atoms with E-state index in [4.69, 9.17) is 4.74 Å². The lowest BCUT2D eigenvalue weighted by Gasteiger charge is -2.32. The number of ether oxygens (including phenoxy) is 1. The van der Waals surface area contributed by atoms with Gasteiger partial charge in [-0.3, -0.25) is 9.69 Å². The highest BCUT2D eigenvalue weighted by molar-refractivity contribution is 5.79. The normalized spacial score (nSPS) is 17.5. The first kappa shape index (κ1) is 20.4. The molecule has 1 fully saturated rings. The summed E-state index contributed by atoms with van der Waals surface area (Å²) in [5.41, 5.74) is 2.53. The van der Waals surface area contributed by atoms with Crippen molar-refractivity contribution in [2.45, 2.75) is 45.8 Å². The van der Waals surface area contributed by atoms with E-state index in [0.717, 1.165) is 44.6 Å². The molecule has 4 nitrogen and oxygen atoms in total. The number of piperidine rings is 1. The maximum absolute atomic E-state index is 12.6. The molecule has 150 valence electrons. The first-order valence-electron chi connectivity index (χ1n) is 10.4. The molecule has 1 N–H and O–H groups in total. The van der Waals surface area contributed by atoms with E-state index in [1.807, 2.05) is 32.0 Å². The fourth-order valence-electron chi connectivity index (χ4n) is 3.74. The molecule has 2 aromatic rings. The van der Waals surface area contributed by atoms with Gasteiger partial charge in [-0.1, -0.05) is 42.5 Å². The van der Waals surface area contributed by atoms with E-state index in [2.05, 4.69) is 46.6 Å². The molecule has 1 unspecified atom stereocenters. The van der Waals surface area contributed by atoms with Crippen molar-refractivity contribution in [3.63, 3.8) is 0 Å². The van der Waals surface area contributed by atoms with E-state index in [-0.39, 0.29) is 17.9 Å². The summed E-state index contributed by atoms with van der Waals surface area (Å²) in [6, 6.07) is 18.6. The number of nitrogens with one attached hydrogen (secondary N) is 1.